The summed E-state index contributed by atoms with van der Waals surface area (Å²) in [5, 5.41) is 13.9. The fraction of sp³-hybridized carbons (Fsp3) is 0.200. The Morgan fingerprint density at radius 3 is 2.68 bits per heavy atom. The number of anilines is 2. The van der Waals surface area contributed by atoms with Gasteiger partial charge in [0, 0.05) is 11.9 Å². The molecule has 7 heteroatoms. The van der Waals surface area contributed by atoms with Crippen LogP contribution in [0.2, 0.25) is 0 Å². The molecule has 22 heavy (non-hydrogen) atoms. The molecule has 0 fully saturated rings. The highest BCUT2D eigenvalue weighted by molar-refractivity contribution is 5.73. The monoisotopic (exact) mass is 301 g/mol. The average molecular weight is 301 g/mol. The van der Waals surface area contributed by atoms with E-state index in [9.17, 15) is 14.9 Å². The smallest absolute Gasteiger partial charge is 0.310 e. The minimum atomic E-state index is -0.496. The standard InChI is InChI=1S/C15H15N3O4/c1-2-22-15(19)9-11-3-5-12(6-4-11)17-13-7-8-16-10-14(13)18(20)21/h3-8,10H,2,9H2,1H3,(H,16,17). The van der Waals surface area contributed by atoms with E-state index in [1.165, 1.54) is 18.5 Å². The summed E-state index contributed by atoms with van der Waals surface area (Å²) in [6, 6.07) is 8.57. The summed E-state index contributed by atoms with van der Waals surface area (Å²) in [5.74, 6) is -0.284. The van der Waals surface area contributed by atoms with Crippen LogP contribution < -0.4 is 5.32 Å². The van der Waals surface area contributed by atoms with Crippen LogP contribution in [0.1, 0.15) is 12.5 Å². The van der Waals surface area contributed by atoms with E-state index in [4.69, 9.17) is 4.74 Å². The van der Waals surface area contributed by atoms with Gasteiger partial charge in [0.05, 0.1) is 18.0 Å². The van der Waals surface area contributed by atoms with E-state index in [2.05, 4.69) is 10.3 Å². The predicted molar refractivity (Wildman–Crippen MR) is 81.0 cm³/mol. The Bertz CT molecular complexity index is 671. The number of nitrogens with zero attached hydrogens (tertiary/aromatic N) is 2. The molecule has 0 atom stereocenters. The average Bonchev–Trinajstić information content (AvgIpc) is 2.50. The van der Waals surface area contributed by atoms with Gasteiger partial charge in [-0.3, -0.25) is 19.9 Å². The van der Waals surface area contributed by atoms with Crippen molar-refractivity contribution in [1.29, 1.82) is 0 Å². The maximum Gasteiger partial charge on any atom is 0.310 e. The number of pyridine rings is 1. The molecule has 2 aromatic rings. The van der Waals surface area contributed by atoms with Crippen molar-refractivity contribution >= 4 is 23.0 Å². The van der Waals surface area contributed by atoms with Gasteiger partial charge in [-0.25, -0.2) is 0 Å². The molecule has 7 nitrogen and oxygen atoms in total. The van der Waals surface area contributed by atoms with Gasteiger partial charge in [-0.1, -0.05) is 12.1 Å². The van der Waals surface area contributed by atoms with E-state index in [1.807, 2.05) is 0 Å². The van der Waals surface area contributed by atoms with E-state index >= 15 is 0 Å². The number of carbonyl (C=O) groups is 1. The van der Waals surface area contributed by atoms with Crippen LogP contribution in [0, 0.1) is 10.1 Å². The zero-order valence-electron chi connectivity index (χ0n) is 12.0. The van der Waals surface area contributed by atoms with Crippen molar-refractivity contribution in [2.75, 3.05) is 11.9 Å². The lowest BCUT2D eigenvalue weighted by molar-refractivity contribution is -0.384. The Morgan fingerprint density at radius 2 is 2.05 bits per heavy atom. The summed E-state index contributed by atoms with van der Waals surface area (Å²) in [4.78, 5) is 25.6. The van der Waals surface area contributed by atoms with Crippen LogP contribution in [0.5, 0.6) is 0 Å². The molecule has 1 heterocycles. The quantitative estimate of drug-likeness (QED) is 0.501. The van der Waals surface area contributed by atoms with Crippen LogP contribution in [-0.2, 0) is 16.0 Å². The Hall–Kier alpha value is -2.96. The van der Waals surface area contributed by atoms with Gasteiger partial charge in [0.2, 0.25) is 0 Å². The first-order valence-corrected chi connectivity index (χ1v) is 6.70. The molecule has 0 amide bonds. The van der Waals surface area contributed by atoms with Crippen molar-refractivity contribution in [2.24, 2.45) is 0 Å². The van der Waals surface area contributed by atoms with Crippen molar-refractivity contribution in [3.8, 4) is 0 Å². The molecule has 0 bridgehead atoms. The van der Waals surface area contributed by atoms with E-state index in [0.29, 0.717) is 18.0 Å². The highest BCUT2D eigenvalue weighted by Crippen LogP contribution is 2.26. The van der Waals surface area contributed by atoms with Gasteiger partial charge in [0.25, 0.3) is 0 Å². The summed E-state index contributed by atoms with van der Waals surface area (Å²) in [6.45, 7) is 2.11. The number of hydrogen-bond donors (Lipinski definition) is 1. The van der Waals surface area contributed by atoms with E-state index in [0.717, 1.165) is 5.56 Å². The van der Waals surface area contributed by atoms with Crippen LogP contribution >= 0.6 is 0 Å². The number of nitrogens with one attached hydrogen (secondary N) is 1. The zero-order chi connectivity index (χ0) is 15.9. The molecule has 1 N–H and O–H groups in total. The van der Waals surface area contributed by atoms with Gasteiger partial charge in [-0.2, -0.15) is 0 Å². The summed E-state index contributed by atoms with van der Waals surface area (Å²) in [5.41, 5.74) is 1.76. The van der Waals surface area contributed by atoms with Gasteiger partial charge < -0.3 is 10.1 Å². The Morgan fingerprint density at radius 1 is 1.32 bits per heavy atom. The molecular formula is C15H15N3O4. The van der Waals surface area contributed by atoms with Gasteiger partial charge in [0.15, 0.2) is 0 Å². The lowest BCUT2D eigenvalue weighted by Gasteiger charge is -2.07. The molecule has 1 aromatic carbocycles. The Labute approximate surface area is 127 Å². The van der Waals surface area contributed by atoms with E-state index < -0.39 is 4.92 Å². The maximum atomic E-state index is 11.4. The number of esters is 1. The van der Waals surface area contributed by atoms with Crippen molar-refractivity contribution in [2.45, 2.75) is 13.3 Å². The molecule has 114 valence electrons. The largest absolute Gasteiger partial charge is 0.466 e. The van der Waals surface area contributed by atoms with Crippen LogP contribution in [0.15, 0.2) is 42.7 Å². The summed E-state index contributed by atoms with van der Waals surface area (Å²) in [6.07, 6.45) is 2.87. The van der Waals surface area contributed by atoms with Gasteiger partial charge >= 0.3 is 11.7 Å². The van der Waals surface area contributed by atoms with E-state index in [-0.39, 0.29) is 18.1 Å². The number of hydrogen-bond acceptors (Lipinski definition) is 6. The first-order chi connectivity index (χ1) is 10.6. The maximum absolute atomic E-state index is 11.4. The van der Waals surface area contributed by atoms with Crippen LogP contribution in [0.4, 0.5) is 17.1 Å². The number of ether oxygens (including phenoxy) is 1. The van der Waals surface area contributed by atoms with Crippen molar-refractivity contribution < 1.29 is 14.5 Å². The van der Waals surface area contributed by atoms with Gasteiger partial charge in [0.1, 0.15) is 11.9 Å². The fourth-order valence-electron chi connectivity index (χ4n) is 1.88. The predicted octanol–water partition coefficient (Wildman–Crippen LogP) is 2.84. The van der Waals surface area contributed by atoms with E-state index in [1.54, 1.807) is 31.2 Å². The summed E-state index contributed by atoms with van der Waals surface area (Å²) in [7, 11) is 0. The highest BCUT2D eigenvalue weighted by atomic mass is 16.6. The number of aromatic nitrogens is 1. The molecule has 0 aliphatic heterocycles. The topological polar surface area (TPSA) is 94.4 Å². The second kappa shape index (κ2) is 7.16. The minimum Gasteiger partial charge on any atom is -0.466 e. The first-order valence-electron chi connectivity index (χ1n) is 6.70. The molecule has 0 aliphatic rings. The SMILES string of the molecule is CCOC(=O)Cc1ccc(Nc2ccncc2[N+](=O)[O-])cc1. The fourth-order valence-corrected chi connectivity index (χ4v) is 1.88. The van der Waals surface area contributed by atoms with Gasteiger partial charge in [-0.05, 0) is 30.7 Å². The highest BCUT2D eigenvalue weighted by Gasteiger charge is 2.13. The minimum absolute atomic E-state index is 0.0990. The molecular weight excluding hydrogens is 286 g/mol. The third kappa shape index (κ3) is 4.02. The first kappa shape index (κ1) is 15.4. The molecule has 0 saturated carbocycles. The second-order valence-corrected chi connectivity index (χ2v) is 4.45. The molecule has 0 spiro atoms. The molecule has 2 rings (SSSR count). The normalized spacial score (nSPS) is 10.0. The van der Waals surface area contributed by atoms with Crippen LogP contribution in [0.3, 0.4) is 0 Å². The molecule has 1 aromatic heterocycles. The molecule has 0 radical (unpaired) electrons. The van der Waals surface area contributed by atoms with Crippen molar-refractivity contribution in [3.63, 3.8) is 0 Å². The number of rotatable bonds is 6. The molecule has 0 unspecified atom stereocenters. The third-order valence-corrected chi connectivity index (χ3v) is 2.88. The lowest BCUT2D eigenvalue weighted by atomic mass is 10.1. The number of benzene rings is 1. The summed E-state index contributed by atoms with van der Waals surface area (Å²) < 4.78 is 4.88. The number of carbonyl (C=O) groups excluding carboxylic acids is 1. The van der Waals surface area contributed by atoms with Gasteiger partial charge in [-0.15, -0.1) is 0 Å². The lowest BCUT2D eigenvalue weighted by Crippen LogP contribution is -2.07. The van der Waals surface area contributed by atoms with Crippen LogP contribution in [0.25, 0.3) is 0 Å². The Balaban J connectivity index is 2.09. The van der Waals surface area contributed by atoms with Crippen molar-refractivity contribution in [1.82, 2.24) is 4.98 Å². The molecule has 0 aliphatic carbocycles. The van der Waals surface area contributed by atoms with Crippen LogP contribution in [-0.4, -0.2) is 22.5 Å². The van der Waals surface area contributed by atoms with Crippen molar-refractivity contribution in [3.05, 3.63) is 58.4 Å². The third-order valence-electron chi connectivity index (χ3n) is 2.88. The molecule has 0 saturated heterocycles. The summed E-state index contributed by atoms with van der Waals surface area (Å²) >= 11 is 0. The Kier molecular flexibility index (Phi) is 5.02. The zero-order valence-corrected chi connectivity index (χ0v) is 12.0. The number of nitro groups is 1. The second-order valence-electron chi connectivity index (χ2n) is 4.45.